The van der Waals surface area contributed by atoms with Gasteiger partial charge in [0.05, 0.1) is 0 Å². The van der Waals surface area contributed by atoms with Crippen molar-refractivity contribution in [1.29, 1.82) is 0 Å². The van der Waals surface area contributed by atoms with Crippen LogP contribution in [0.1, 0.15) is 55.4 Å². The van der Waals surface area contributed by atoms with E-state index in [0.717, 1.165) is 0 Å². The lowest BCUT2D eigenvalue weighted by atomic mass is 10.2. The molecule has 2 nitrogen and oxygen atoms in total. The normalized spacial score (nSPS) is 24.2. The molecule has 0 aromatic heterocycles. The Labute approximate surface area is 154 Å². The van der Waals surface area contributed by atoms with Gasteiger partial charge in [-0.3, -0.25) is 9.80 Å². The number of thioether (sulfide) groups is 1. The maximum absolute atomic E-state index is 2.73. The van der Waals surface area contributed by atoms with Crippen molar-refractivity contribution in [1.82, 2.24) is 9.80 Å². The van der Waals surface area contributed by atoms with Crippen molar-refractivity contribution in [3.63, 3.8) is 0 Å². The third-order valence-electron chi connectivity index (χ3n) is 4.97. The van der Waals surface area contributed by atoms with Gasteiger partial charge in [-0.05, 0) is 67.5 Å². The van der Waals surface area contributed by atoms with Crippen LogP contribution >= 0.6 is 11.8 Å². The highest BCUT2D eigenvalue weighted by Gasteiger charge is 2.58. The topological polar surface area (TPSA) is 6.48 Å². The van der Waals surface area contributed by atoms with Crippen LogP contribution in [0.15, 0.2) is 35.2 Å². The van der Waals surface area contributed by atoms with Gasteiger partial charge in [0.1, 0.15) is 0 Å². The van der Waals surface area contributed by atoms with Crippen LogP contribution in [0, 0.1) is 0 Å². The average Bonchev–Trinajstić information content (AvgIpc) is 3.11. The van der Waals surface area contributed by atoms with Crippen LogP contribution in [0.4, 0.5) is 0 Å². The van der Waals surface area contributed by atoms with E-state index in [1.54, 1.807) is 0 Å². The van der Waals surface area contributed by atoms with Crippen molar-refractivity contribution in [2.75, 3.05) is 0 Å². The third kappa shape index (κ3) is 4.36. The van der Waals surface area contributed by atoms with Crippen LogP contribution in [0.5, 0.6) is 0 Å². The van der Waals surface area contributed by atoms with Crippen molar-refractivity contribution in [2.24, 2.45) is 0 Å². The summed E-state index contributed by atoms with van der Waals surface area (Å²) in [6.07, 6.45) is 0. The third-order valence-corrected chi connectivity index (χ3v) is 6.35. The maximum atomic E-state index is 2.73. The summed E-state index contributed by atoms with van der Waals surface area (Å²) < 4.78 is 0. The SMILES string of the molecule is CC(C)N(C(C)C)C1C(Sc2ccccc2)C1N(C(C)C)C(C)C. The Morgan fingerprint density at radius 2 is 1.04 bits per heavy atom. The van der Waals surface area contributed by atoms with Crippen LogP contribution in [-0.4, -0.2) is 51.3 Å². The lowest BCUT2D eigenvalue weighted by molar-refractivity contribution is 0.108. The van der Waals surface area contributed by atoms with E-state index in [1.807, 2.05) is 0 Å². The van der Waals surface area contributed by atoms with E-state index in [1.165, 1.54) is 4.90 Å². The summed E-state index contributed by atoms with van der Waals surface area (Å²) in [5, 5.41) is 0.655. The molecule has 2 rings (SSSR count). The molecule has 1 aliphatic rings. The van der Waals surface area contributed by atoms with Gasteiger partial charge in [-0.25, -0.2) is 0 Å². The van der Waals surface area contributed by atoms with E-state index in [-0.39, 0.29) is 0 Å². The zero-order valence-corrected chi connectivity index (χ0v) is 17.5. The Morgan fingerprint density at radius 3 is 1.38 bits per heavy atom. The number of hydrogen-bond acceptors (Lipinski definition) is 3. The van der Waals surface area contributed by atoms with Gasteiger partial charge in [0.2, 0.25) is 0 Å². The highest BCUT2D eigenvalue weighted by atomic mass is 32.2. The summed E-state index contributed by atoms with van der Waals surface area (Å²) >= 11 is 2.07. The Hall–Kier alpha value is -0.510. The number of benzene rings is 1. The Kier molecular flexibility index (Phi) is 6.81. The number of hydrogen-bond donors (Lipinski definition) is 0. The zero-order chi connectivity index (χ0) is 18.0. The van der Waals surface area contributed by atoms with Gasteiger partial charge < -0.3 is 0 Å². The van der Waals surface area contributed by atoms with Crippen LogP contribution < -0.4 is 0 Å². The molecule has 0 heterocycles. The van der Waals surface area contributed by atoms with E-state index < -0.39 is 0 Å². The Morgan fingerprint density at radius 1 is 0.667 bits per heavy atom. The molecular formula is C21H36N2S. The predicted octanol–water partition coefficient (Wildman–Crippen LogP) is 5.14. The fraction of sp³-hybridized carbons (Fsp3) is 0.714. The van der Waals surface area contributed by atoms with Crippen LogP contribution in [-0.2, 0) is 0 Å². The van der Waals surface area contributed by atoms with Crippen molar-refractivity contribution >= 4 is 11.8 Å². The molecule has 0 radical (unpaired) electrons. The largest absolute Gasteiger partial charge is 0.293 e. The minimum atomic E-state index is 0.583. The van der Waals surface area contributed by atoms with Gasteiger partial charge in [0.25, 0.3) is 0 Å². The molecule has 2 unspecified atom stereocenters. The van der Waals surface area contributed by atoms with E-state index >= 15 is 0 Å². The first-order valence-electron chi connectivity index (χ1n) is 9.52. The average molecular weight is 349 g/mol. The van der Waals surface area contributed by atoms with Crippen molar-refractivity contribution in [3.05, 3.63) is 30.3 Å². The maximum Gasteiger partial charge on any atom is 0.0437 e. The van der Waals surface area contributed by atoms with Crippen molar-refractivity contribution in [3.8, 4) is 0 Å². The van der Waals surface area contributed by atoms with E-state index in [2.05, 4.69) is 107 Å². The minimum absolute atomic E-state index is 0.583. The summed E-state index contributed by atoms with van der Waals surface area (Å²) in [6.45, 7) is 18.7. The van der Waals surface area contributed by atoms with Crippen LogP contribution in [0.3, 0.4) is 0 Å². The molecule has 1 aliphatic carbocycles. The first kappa shape index (κ1) is 19.8. The molecule has 0 spiro atoms. The summed E-state index contributed by atoms with van der Waals surface area (Å²) in [5.41, 5.74) is 0. The fourth-order valence-corrected chi connectivity index (χ4v) is 5.73. The molecular weight excluding hydrogens is 312 g/mol. The highest BCUT2D eigenvalue weighted by Crippen LogP contribution is 2.48. The number of rotatable bonds is 8. The molecule has 1 aromatic carbocycles. The summed E-state index contributed by atoms with van der Waals surface area (Å²) in [5.74, 6) is 0. The molecule has 3 heteroatoms. The smallest absolute Gasteiger partial charge is 0.0437 e. The molecule has 0 bridgehead atoms. The summed E-state index contributed by atoms with van der Waals surface area (Å²) in [7, 11) is 0. The molecule has 136 valence electrons. The van der Waals surface area contributed by atoms with E-state index in [0.29, 0.717) is 41.5 Å². The monoisotopic (exact) mass is 348 g/mol. The first-order chi connectivity index (χ1) is 11.3. The van der Waals surface area contributed by atoms with E-state index in [9.17, 15) is 0 Å². The Bertz CT molecular complexity index is 456. The molecule has 0 N–H and O–H groups in total. The molecule has 2 atom stereocenters. The van der Waals surface area contributed by atoms with Crippen LogP contribution in [0.25, 0.3) is 0 Å². The molecule has 1 saturated carbocycles. The van der Waals surface area contributed by atoms with Gasteiger partial charge in [0, 0.05) is 46.4 Å². The van der Waals surface area contributed by atoms with Gasteiger partial charge in [-0.15, -0.1) is 11.8 Å². The van der Waals surface area contributed by atoms with Crippen molar-refractivity contribution < 1.29 is 0 Å². The van der Waals surface area contributed by atoms with Crippen molar-refractivity contribution in [2.45, 2.75) is 102 Å². The molecule has 1 aromatic rings. The van der Waals surface area contributed by atoms with Gasteiger partial charge in [-0.2, -0.15) is 0 Å². The lowest BCUT2D eigenvalue weighted by Crippen LogP contribution is -2.46. The molecule has 24 heavy (non-hydrogen) atoms. The molecule has 0 aliphatic heterocycles. The summed E-state index contributed by atoms with van der Waals surface area (Å²) in [4.78, 5) is 6.85. The second-order valence-corrected chi connectivity index (χ2v) is 9.40. The highest BCUT2D eigenvalue weighted by molar-refractivity contribution is 8.00. The molecule has 0 amide bonds. The standard InChI is InChI=1S/C21H36N2S/c1-14(2)22(15(3)4)19-20(23(16(5)6)17(7)8)21(19)24-18-12-10-9-11-13-18/h9-17,19-21H,1-8H3. The number of nitrogens with zero attached hydrogens (tertiary/aromatic N) is 2. The zero-order valence-electron chi connectivity index (χ0n) is 16.7. The first-order valence-corrected chi connectivity index (χ1v) is 10.4. The second kappa shape index (κ2) is 8.25. The second-order valence-electron chi connectivity index (χ2n) is 8.15. The van der Waals surface area contributed by atoms with Gasteiger partial charge in [0.15, 0.2) is 0 Å². The predicted molar refractivity (Wildman–Crippen MR) is 108 cm³/mol. The van der Waals surface area contributed by atoms with Crippen LogP contribution in [0.2, 0.25) is 0 Å². The molecule has 0 saturated heterocycles. The fourth-order valence-electron chi connectivity index (χ4n) is 4.31. The minimum Gasteiger partial charge on any atom is -0.293 e. The quantitative estimate of drug-likeness (QED) is 0.642. The lowest BCUT2D eigenvalue weighted by Gasteiger charge is -2.35. The van der Waals surface area contributed by atoms with E-state index in [4.69, 9.17) is 0 Å². The summed E-state index contributed by atoms with van der Waals surface area (Å²) in [6, 6.07) is 14.5. The Balaban J connectivity index is 2.26. The van der Waals surface area contributed by atoms with Gasteiger partial charge >= 0.3 is 0 Å². The van der Waals surface area contributed by atoms with Gasteiger partial charge in [-0.1, -0.05) is 18.2 Å². The molecule has 1 fully saturated rings.